The quantitative estimate of drug-likeness (QED) is 0.535. The van der Waals surface area contributed by atoms with Gasteiger partial charge < -0.3 is 0 Å². The zero-order valence-corrected chi connectivity index (χ0v) is 13.5. The summed E-state index contributed by atoms with van der Waals surface area (Å²) in [4.78, 5) is -0.00837. The second-order valence-electron chi connectivity index (χ2n) is 4.42. The van der Waals surface area contributed by atoms with Gasteiger partial charge >= 0.3 is 6.18 Å². The van der Waals surface area contributed by atoms with Crippen molar-refractivity contribution in [2.24, 2.45) is 0 Å². The molecule has 1 unspecified atom stereocenters. The molecule has 0 saturated carbocycles. The monoisotopic (exact) mass is 406 g/mol. The molecule has 0 aromatic heterocycles. The van der Waals surface area contributed by atoms with Crippen molar-refractivity contribution >= 4 is 31.9 Å². The molecule has 20 heavy (non-hydrogen) atoms. The topological polar surface area (TPSA) is 0 Å². The summed E-state index contributed by atoms with van der Waals surface area (Å²) in [5.74, 6) is 0. The zero-order chi connectivity index (χ0) is 14.8. The van der Waals surface area contributed by atoms with Crippen molar-refractivity contribution in [3.05, 3.63) is 69.7 Å². The van der Waals surface area contributed by atoms with E-state index in [-0.39, 0.29) is 4.83 Å². The average molecular weight is 408 g/mol. The third-order valence-electron chi connectivity index (χ3n) is 2.93. The SMILES string of the molecule is FC(F)(F)c1ccc(C(Br)Cc2ccc(Br)cc2)cc1. The van der Waals surface area contributed by atoms with Crippen LogP contribution in [0.4, 0.5) is 13.2 Å². The maximum absolute atomic E-state index is 12.5. The second-order valence-corrected chi connectivity index (χ2v) is 6.44. The molecule has 0 spiro atoms. The standard InChI is InChI=1S/C15H11Br2F3/c16-13-7-1-10(2-8-13)9-14(17)11-3-5-12(6-4-11)15(18,19)20/h1-8,14H,9H2. The van der Waals surface area contributed by atoms with Gasteiger partial charge in [0.25, 0.3) is 0 Å². The molecule has 2 aromatic rings. The van der Waals surface area contributed by atoms with Crippen LogP contribution in [0.5, 0.6) is 0 Å². The number of halogens is 5. The summed E-state index contributed by atoms with van der Waals surface area (Å²) in [5, 5.41) is 0. The zero-order valence-electron chi connectivity index (χ0n) is 10.3. The first-order valence-electron chi connectivity index (χ1n) is 5.92. The van der Waals surface area contributed by atoms with E-state index in [0.29, 0.717) is 0 Å². The van der Waals surface area contributed by atoms with Crippen molar-refractivity contribution in [2.45, 2.75) is 17.4 Å². The Morgan fingerprint density at radius 3 is 1.95 bits per heavy atom. The number of rotatable bonds is 3. The van der Waals surface area contributed by atoms with Crippen LogP contribution in [0, 0.1) is 0 Å². The maximum Gasteiger partial charge on any atom is 0.416 e. The van der Waals surface area contributed by atoms with E-state index in [0.717, 1.165) is 34.2 Å². The largest absolute Gasteiger partial charge is 0.416 e. The lowest BCUT2D eigenvalue weighted by Crippen LogP contribution is -2.05. The molecule has 0 heterocycles. The summed E-state index contributed by atoms with van der Waals surface area (Å²) >= 11 is 6.89. The smallest absolute Gasteiger partial charge is 0.166 e. The van der Waals surface area contributed by atoms with E-state index in [4.69, 9.17) is 0 Å². The van der Waals surface area contributed by atoms with Crippen LogP contribution in [-0.2, 0) is 12.6 Å². The van der Waals surface area contributed by atoms with E-state index in [9.17, 15) is 13.2 Å². The summed E-state index contributed by atoms with van der Waals surface area (Å²) < 4.78 is 38.5. The van der Waals surface area contributed by atoms with Crippen LogP contribution in [0.25, 0.3) is 0 Å². The Labute approximate surface area is 132 Å². The lowest BCUT2D eigenvalue weighted by atomic mass is 10.0. The fraction of sp³-hybridized carbons (Fsp3) is 0.200. The van der Waals surface area contributed by atoms with Gasteiger partial charge in [-0.05, 0) is 41.8 Å². The lowest BCUT2D eigenvalue weighted by molar-refractivity contribution is -0.137. The van der Waals surface area contributed by atoms with Gasteiger partial charge in [0.15, 0.2) is 0 Å². The highest BCUT2D eigenvalue weighted by Gasteiger charge is 2.30. The van der Waals surface area contributed by atoms with Gasteiger partial charge in [-0.3, -0.25) is 0 Å². The summed E-state index contributed by atoms with van der Waals surface area (Å²) in [6.45, 7) is 0. The first kappa shape index (κ1) is 15.6. The van der Waals surface area contributed by atoms with Gasteiger partial charge in [-0.25, -0.2) is 0 Å². The van der Waals surface area contributed by atoms with Crippen LogP contribution in [-0.4, -0.2) is 0 Å². The molecule has 0 saturated heterocycles. The molecule has 0 radical (unpaired) electrons. The molecule has 1 atom stereocenters. The molecule has 0 N–H and O–H groups in total. The minimum absolute atomic E-state index is 0.00837. The highest BCUT2D eigenvalue weighted by Crippen LogP contribution is 2.32. The molecule has 106 valence electrons. The van der Waals surface area contributed by atoms with Crippen LogP contribution in [0.15, 0.2) is 53.0 Å². The Morgan fingerprint density at radius 1 is 0.900 bits per heavy atom. The van der Waals surface area contributed by atoms with Gasteiger partial charge in [-0.2, -0.15) is 13.2 Å². The minimum atomic E-state index is -4.29. The van der Waals surface area contributed by atoms with E-state index in [1.165, 1.54) is 12.1 Å². The fourth-order valence-corrected chi connectivity index (χ4v) is 2.77. The molecular weight excluding hydrogens is 397 g/mol. The Kier molecular flexibility index (Phi) is 4.91. The molecule has 0 bridgehead atoms. The van der Waals surface area contributed by atoms with E-state index in [1.807, 2.05) is 24.3 Å². The Hall–Kier alpha value is -0.810. The fourth-order valence-electron chi connectivity index (χ4n) is 1.83. The van der Waals surface area contributed by atoms with Crippen LogP contribution in [0.1, 0.15) is 21.5 Å². The van der Waals surface area contributed by atoms with E-state index in [1.54, 1.807) is 0 Å². The number of alkyl halides is 4. The van der Waals surface area contributed by atoms with Gasteiger partial charge in [0.1, 0.15) is 0 Å². The molecular formula is C15H11Br2F3. The van der Waals surface area contributed by atoms with E-state index < -0.39 is 11.7 Å². The number of hydrogen-bond acceptors (Lipinski definition) is 0. The predicted octanol–water partition coefficient (Wildman–Crippen LogP) is 6.15. The Morgan fingerprint density at radius 2 is 1.45 bits per heavy atom. The summed E-state index contributed by atoms with van der Waals surface area (Å²) in [7, 11) is 0. The van der Waals surface area contributed by atoms with Crippen LogP contribution in [0.2, 0.25) is 0 Å². The predicted molar refractivity (Wildman–Crippen MR) is 81.0 cm³/mol. The summed E-state index contributed by atoms with van der Waals surface area (Å²) in [6, 6.07) is 13.1. The molecule has 0 fully saturated rings. The molecule has 2 aromatic carbocycles. The molecule has 0 nitrogen and oxygen atoms in total. The van der Waals surface area contributed by atoms with Crippen molar-refractivity contribution < 1.29 is 13.2 Å². The average Bonchev–Trinajstić information content (AvgIpc) is 2.40. The van der Waals surface area contributed by atoms with Gasteiger partial charge in [0.05, 0.1) is 5.56 Å². The number of hydrogen-bond donors (Lipinski definition) is 0. The first-order chi connectivity index (χ1) is 9.36. The third kappa shape index (κ3) is 4.09. The Balaban J connectivity index is 2.09. The lowest BCUT2D eigenvalue weighted by Gasteiger charge is -2.12. The van der Waals surface area contributed by atoms with Crippen molar-refractivity contribution in [3.8, 4) is 0 Å². The molecule has 0 aliphatic carbocycles. The summed E-state index contributed by atoms with van der Waals surface area (Å²) in [6.07, 6.45) is -3.56. The first-order valence-corrected chi connectivity index (χ1v) is 7.63. The number of benzene rings is 2. The molecule has 0 amide bonds. The van der Waals surface area contributed by atoms with E-state index in [2.05, 4.69) is 31.9 Å². The van der Waals surface area contributed by atoms with Crippen molar-refractivity contribution in [2.75, 3.05) is 0 Å². The van der Waals surface area contributed by atoms with Gasteiger partial charge in [-0.15, -0.1) is 0 Å². The van der Waals surface area contributed by atoms with Gasteiger partial charge in [0, 0.05) is 9.30 Å². The van der Waals surface area contributed by atoms with Crippen LogP contribution < -0.4 is 0 Å². The molecule has 0 aliphatic rings. The molecule has 2 rings (SSSR count). The van der Waals surface area contributed by atoms with Crippen LogP contribution >= 0.6 is 31.9 Å². The molecule has 5 heteroatoms. The van der Waals surface area contributed by atoms with Crippen molar-refractivity contribution in [3.63, 3.8) is 0 Å². The highest BCUT2D eigenvalue weighted by molar-refractivity contribution is 9.10. The van der Waals surface area contributed by atoms with E-state index >= 15 is 0 Å². The minimum Gasteiger partial charge on any atom is -0.166 e. The van der Waals surface area contributed by atoms with Crippen molar-refractivity contribution in [1.29, 1.82) is 0 Å². The van der Waals surface area contributed by atoms with Crippen LogP contribution in [0.3, 0.4) is 0 Å². The van der Waals surface area contributed by atoms with Gasteiger partial charge in [0.2, 0.25) is 0 Å². The Bertz CT molecular complexity index is 559. The third-order valence-corrected chi connectivity index (χ3v) is 4.31. The highest BCUT2D eigenvalue weighted by atomic mass is 79.9. The van der Waals surface area contributed by atoms with Gasteiger partial charge in [-0.1, -0.05) is 56.1 Å². The summed E-state index contributed by atoms with van der Waals surface area (Å²) in [5.41, 5.74) is 1.33. The molecule has 0 aliphatic heterocycles. The second kappa shape index (κ2) is 6.31. The maximum atomic E-state index is 12.5. The normalized spacial score (nSPS) is 13.2. The van der Waals surface area contributed by atoms with Crippen molar-refractivity contribution in [1.82, 2.24) is 0 Å².